The van der Waals surface area contributed by atoms with Gasteiger partial charge in [0.2, 0.25) is 0 Å². The molecule has 0 amide bonds. The van der Waals surface area contributed by atoms with Crippen molar-refractivity contribution in [3.8, 4) is 22.8 Å². The van der Waals surface area contributed by atoms with E-state index in [0.29, 0.717) is 22.8 Å². The number of ether oxygens (including phenoxy) is 2. The van der Waals surface area contributed by atoms with Crippen LogP contribution in [-0.4, -0.2) is 35.5 Å². The van der Waals surface area contributed by atoms with E-state index >= 15 is 0 Å². The highest BCUT2D eigenvalue weighted by molar-refractivity contribution is 5.95. The van der Waals surface area contributed by atoms with E-state index in [4.69, 9.17) is 14.6 Å². The minimum Gasteiger partial charge on any atom is -0.497 e. The molecule has 0 unspecified atom stereocenters. The SMILES string of the molecule is COc1ccc(OC)c(-c2[nH]ncc2C(=O)O)c1. The predicted octanol–water partition coefficient (Wildman–Crippen LogP) is 1.79. The zero-order valence-corrected chi connectivity index (χ0v) is 9.93. The number of hydrogen-bond acceptors (Lipinski definition) is 4. The molecule has 1 heterocycles. The number of carbonyl (C=O) groups is 1. The smallest absolute Gasteiger partial charge is 0.339 e. The van der Waals surface area contributed by atoms with Gasteiger partial charge in [-0.05, 0) is 18.2 Å². The zero-order valence-electron chi connectivity index (χ0n) is 9.93. The highest BCUT2D eigenvalue weighted by atomic mass is 16.5. The molecule has 2 aromatic rings. The first-order valence-corrected chi connectivity index (χ1v) is 5.16. The summed E-state index contributed by atoms with van der Waals surface area (Å²) in [6.07, 6.45) is 1.26. The maximum absolute atomic E-state index is 11.1. The number of nitrogens with one attached hydrogen (secondary N) is 1. The maximum Gasteiger partial charge on any atom is 0.339 e. The summed E-state index contributed by atoms with van der Waals surface area (Å²) in [5, 5.41) is 15.5. The number of H-pyrrole nitrogens is 1. The van der Waals surface area contributed by atoms with Crippen molar-refractivity contribution in [2.45, 2.75) is 0 Å². The topological polar surface area (TPSA) is 84.4 Å². The van der Waals surface area contributed by atoms with Crippen molar-refractivity contribution < 1.29 is 19.4 Å². The molecule has 0 bridgehead atoms. The van der Waals surface area contributed by atoms with Gasteiger partial charge in [0.05, 0.1) is 26.1 Å². The molecule has 0 fully saturated rings. The molecule has 2 rings (SSSR count). The van der Waals surface area contributed by atoms with Gasteiger partial charge < -0.3 is 14.6 Å². The molecule has 6 nitrogen and oxygen atoms in total. The van der Waals surface area contributed by atoms with Gasteiger partial charge in [-0.1, -0.05) is 0 Å². The van der Waals surface area contributed by atoms with Crippen LogP contribution < -0.4 is 9.47 Å². The number of aromatic nitrogens is 2. The molecule has 1 aromatic carbocycles. The average molecular weight is 248 g/mol. The van der Waals surface area contributed by atoms with Crippen molar-refractivity contribution in [2.75, 3.05) is 14.2 Å². The molecule has 0 saturated heterocycles. The zero-order chi connectivity index (χ0) is 13.1. The summed E-state index contributed by atoms with van der Waals surface area (Å²) < 4.78 is 10.3. The average Bonchev–Trinajstić information content (AvgIpc) is 2.87. The Morgan fingerprint density at radius 3 is 2.72 bits per heavy atom. The first-order valence-electron chi connectivity index (χ1n) is 5.16. The normalized spacial score (nSPS) is 10.1. The van der Waals surface area contributed by atoms with E-state index in [1.54, 1.807) is 18.2 Å². The van der Waals surface area contributed by atoms with Crippen LogP contribution in [0.4, 0.5) is 0 Å². The number of benzene rings is 1. The Hall–Kier alpha value is -2.50. The van der Waals surface area contributed by atoms with Crippen LogP contribution in [0.15, 0.2) is 24.4 Å². The Morgan fingerprint density at radius 1 is 1.33 bits per heavy atom. The molecule has 2 N–H and O–H groups in total. The monoisotopic (exact) mass is 248 g/mol. The van der Waals surface area contributed by atoms with Crippen LogP contribution in [0.3, 0.4) is 0 Å². The van der Waals surface area contributed by atoms with Crippen LogP contribution in [0.25, 0.3) is 11.3 Å². The van der Waals surface area contributed by atoms with E-state index in [-0.39, 0.29) is 5.56 Å². The lowest BCUT2D eigenvalue weighted by molar-refractivity contribution is 0.0698. The van der Waals surface area contributed by atoms with Crippen molar-refractivity contribution in [3.63, 3.8) is 0 Å². The Labute approximate surface area is 103 Å². The second-order valence-corrected chi connectivity index (χ2v) is 3.53. The number of aromatic carboxylic acids is 1. The number of nitrogens with zero attached hydrogens (tertiary/aromatic N) is 1. The van der Waals surface area contributed by atoms with Gasteiger partial charge in [0.1, 0.15) is 17.1 Å². The van der Waals surface area contributed by atoms with Gasteiger partial charge in [0.25, 0.3) is 0 Å². The Balaban J connectivity index is 2.61. The van der Waals surface area contributed by atoms with E-state index in [1.165, 1.54) is 20.4 Å². The number of carboxylic acid groups (broad SMARTS) is 1. The first-order chi connectivity index (χ1) is 8.67. The van der Waals surface area contributed by atoms with E-state index < -0.39 is 5.97 Å². The third kappa shape index (κ3) is 2.00. The minimum absolute atomic E-state index is 0.0848. The number of hydrogen-bond donors (Lipinski definition) is 2. The summed E-state index contributed by atoms with van der Waals surface area (Å²) in [6, 6.07) is 5.14. The van der Waals surface area contributed by atoms with E-state index in [0.717, 1.165) is 0 Å². The predicted molar refractivity (Wildman–Crippen MR) is 64.1 cm³/mol. The van der Waals surface area contributed by atoms with Crippen LogP contribution in [-0.2, 0) is 0 Å². The van der Waals surface area contributed by atoms with Crippen LogP contribution in [0.5, 0.6) is 11.5 Å². The quantitative estimate of drug-likeness (QED) is 0.861. The second-order valence-electron chi connectivity index (χ2n) is 3.53. The number of carboxylic acids is 1. The number of rotatable bonds is 4. The van der Waals surface area contributed by atoms with Crippen LogP contribution in [0, 0.1) is 0 Å². The summed E-state index contributed by atoms with van der Waals surface area (Å²) in [7, 11) is 3.05. The van der Waals surface area contributed by atoms with Gasteiger partial charge in [0, 0.05) is 5.56 Å². The fourth-order valence-electron chi connectivity index (χ4n) is 1.66. The summed E-state index contributed by atoms with van der Waals surface area (Å²) in [4.78, 5) is 11.1. The summed E-state index contributed by atoms with van der Waals surface area (Å²) in [5.74, 6) is 0.0999. The van der Waals surface area contributed by atoms with Crippen molar-refractivity contribution in [3.05, 3.63) is 30.0 Å². The van der Waals surface area contributed by atoms with Crippen molar-refractivity contribution in [1.29, 1.82) is 0 Å². The van der Waals surface area contributed by atoms with Crippen LogP contribution in [0.2, 0.25) is 0 Å². The van der Waals surface area contributed by atoms with Crippen molar-refractivity contribution in [1.82, 2.24) is 10.2 Å². The number of methoxy groups -OCH3 is 2. The van der Waals surface area contributed by atoms with Gasteiger partial charge in [0.15, 0.2) is 0 Å². The standard InChI is InChI=1S/C12H12N2O4/c1-17-7-3-4-10(18-2)8(5-7)11-9(12(15)16)6-13-14-11/h3-6H,1-2H3,(H,13,14)(H,15,16). The lowest BCUT2D eigenvalue weighted by Crippen LogP contribution is -1.98. The molecule has 0 aliphatic carbocycles. The molecule has 18 heavy (non-hydrogen) atoms. The molecule has 0 aliphatic rings. The van der Waals surface area contributed by atoms with Crippen LogP contribution >= 0.6 is 0 Å². The van der Waals surface area contributed by atoms with Crippen molar-refractivity contribution in [2.24, 2.45) is 0 Å². The first kappa shape index (κ1) is 12.0. The van der Waals surface area contributed by atoms with Gasteiger partial charge >= 0.3 is 5.97 Å². The molecule has 0 saturated carbocycles. The Bertz CT molecular complexity index is 577. The molecule has 0 radical (unpaired) electrons. The lowest BCUT2D eigenvalue weighted by Gasteiger charge is -2.09. The van der Waals surface area contributed by atoms with E-state index in [2.05, 4.69) is 10.2 Å². The second kappa shape index (κ2) is 4.79. The molecular formula is C12H12N2O4. The van der Waals surface area contributed by atoms with Crippen molar-refractivity contribution >= 4 is 5.97 Å². The molecule has 6 heteroatoms. The third-order valence-electron chi connectivity index (χ3n) is 2.55. The minimum atomic E-state index is -1.05. The van der Waals surface area contributed by atoms with E-state index in [9.17, 15) is 4.79 Å². The highest BCUT2D eigenvalue weighted by Gasteiger charge is 2.17. The van der Waals surface area contributed by atoms with Gasteiger partial charge in [-0.25, -0.2) is 4.79 Å². The summed E-state index contributed by atoms with van der Waals surface area (Å²) in [5.41, 5.74) is 1.06. The van der Waals surface area contributed by atoms with Gasteiger partial charge in [-0.3, -0.25) is 5.10 Å². The lowest BCUT2D eigenvalue weighted by atomic mass is 10.1. The molecule has 0 atom stereocenters. The molecular weight excluding hydrogens is 236 g/mol. The van der Waals surface area contributed by atoms with Gasteiger partial charge in [-0.15, -0.1) is 0 Å². The fourth-order valence-corrected chi connectivity index (χ4v) is 1.66. The largest absolute Gasteiger partial charge is 0.497 e. The number of aromatic amines is 1. The third-order valence-corrected chi connectivity index (χ3v) is 2.55. The molecule has 0 spiro atoms. The maximum atomic E-state index is 11.1. The van der Waals surface area contributed by atoms with Gasteiger partial charge in [-0.2, -0.15) is 5.10 Å². The Kier molecular flexibility index (Phi) is 3.18. The van der Waals surface area contributed by atoms with Crippen LogP contribution in [0.1, 0.15) is 10.4 Å². The fraction of sp³-hybridized carbons (Fsp3) is 0.167. The summed E-state index contributed by atoms with van der Waals surface area (Å²) >= 11 is 0. The molecule has 0 aliphatic heterocycles. The molecule has 94 valence electrons. The summed E-state index contributed by atoms with van der Waals surface area (Å²) in [6.45, 7) is 0. The molecule has 1 aromatic heterocycles. The van der Waals surface area contributed by atoms with E-state index in [1.807, 2.05) is 0 Å². The Morgan fingerprint density at radius 2 is 2.11 bits per heavy atom. The highest BCUT2D eigenvalue weighted by Crippen LogP contribution is 2.33.